The number of aliphatic hydroxyl groups is 1. The van der Waals surface area contributed by atoms with Gasteiger partial charge in [-0.05, 0) is 41.4 Å². The standard InChI is InChI=1S/C12H16BrNO/c1-9-10(8-15)6-7-14(9)12-5-3-2-4-11(12)13/h2-5,9-10,15H,6-8H2,1H3. The molecular weight excluding hydrogens is 254 g/mol. The van der Waals surface area contributed by atoms with E-state index in [1.165, 1.54) is 5.69 Å². The van der Waals surface area contributed by atoms with Crippen LogP contribution in [0.25, 0.3) is 0 Å². The summed E-state index contributed by atoms with van der Waals surface area (Å²) in [7, 11) is 0. The molecule has 1 aromatic rings. The van der Waals surface area contributed by atoms with E-state index in [4.69, 9.17) is 0 Å². The van der Waals surface area contributed by atoms with Gasteiger partial charge in [-0.1, -0.05) is 12.1 Å². The Labute approximate surface area is 99.0 Å². The summed E-state index contributed by atoms with van der Waals surface area (Å²) in [5.41, 5.74) is 1.24. The molecule has 2 nitrogen and oxygen atoms in total. The summed E-state index contributed by atoms with van der Waals surface area (Å²) in [6.07, 6.45) is 1.08. The lowest BCUT2D eigenvalue weighted by molar-refractivity contribution is 0.221. The highest BCUT2D eigenvalue weighted by atomic mass is 79.9. The molecule has 0 saturated carbocycles. The summed E-state index contributed by atoms with van der Waals surface area (Å²) < 4.78 is 1.13. The third-order valence-corrected chi connectivity index (χ3v) is 3.98. The van der Waals surface area contributed by atoms with Gasteiger partial charge in [0.15, 0.2) is 0 Å². The average molecular weight is 270 g/mol. The SMILES string of the molecule is CC1C(CO)CCN1c1ccccc1Br. The third kappa shape index (κ3) is 2.04. The van der Waals surface area contributed by atoms with Crippen LogP contribution < -0.4 is 4.90 Å². The second-order valence-corrected chi connectivity index (χ2v) is 4.97. The first-order valence-corrected chi connectivity index (χ1v) is 6.15. The maximum Gasteiger partial charge on any atom is 0.0513 e. The molecule has 1 N–H and O–H groups in total. The Balaban J connectivity index is 2.22. The highest BCUT2D eigenvalue weighted by Crippen LogP contribution is 2.33. The van der Waals surface area contributed by atoms with Gasteiger partial charge in [-0.25, -0.2) is 0 Å². The summed E-state index contributed by atoms with van der Waals surface area (Å²) in [6, 6.07) is 8.69. The molecule has 0 radical (unpaired) electrons. The lowest BCUT2D eigenvalue weighted by atomic mass is 10.0. The van der Waals surface area contributed by atoms with Gasteiger partial charge in [0.25, 0.3) is 0 Å². The molecule has 0 amide bonds. The molecule has 0 spiro atoms. The van der Waals surface area contributed by atoms with Gasteiger partial charge < -0.3 is 10.0 Å². The summed E-state index contributed by atoms with van der Waals surface area (Å²) in [4.78, 5) is 2.37. The minimum atomic E-state index is 0.294. The van der Waals surface area contributed by atoms with Crippen LogP contribution in [-0.2, 0) is 0 Å². The molecule has 1 saturated heterocycles. The summed E-state index contributed by atoms with van der Waals surface area (Å²) >= 11 is 3.57. The van der Waals surface area contributed by atoms with E-state index in [1.807, 2.05) is 6.07 Å². The van der Waals surface area contributed by atoms with Crippen LogP contribution in [0.4, 0.5) is 5.69 Å². The fourth-order valence-electron chi connectivity index (χ4n) is 2.27. The maximum absolute atomic E-state index is 9.23. The highest BCUT2D eigenvalue weighted by Gasteiger charge is 2.30. The quantitative estimate of drug-likeness (QED) is 0.893. The topological polar surface area (TPSA) is 23.5 Å². The molecule has 1 aliphatic rings. The van der Waals surface area contributed by atoms with Gasteiger partial charge in [0.2, 0.25) is 0 Å². The van der Waals surface area contributed by atoms with Gasteiger partial charge in [0, 0.05) is 29.6 Å². The fourth-order valence-corrected chi connectivity index (χ4v) is 2.79. The maximum atomic E-state index is 9.23. The molecule has 15 heavy (non-hydrogen) atoms. The van der Waals surface area contributed by atoms with Crippen molar-refractivity contribution in [2.24, 2.45) is 5.92 Å². The Bertz CT molecular complexity index is 342. The molecule has 2 unspecified atom stereocenters. The summed E-state index contributed by atoms with van der Waals surface area (Å²) in [6.45, 7) is 3.52. The first-order valence-electron chi connectivity index (χ1n) is 5.36. The Hall–Kier alpha value is -0.540. The molecule has 1 fully saturated rings. The first-order chi connectivity index (χ1) is 7.24. The molecule has 2 rings (SSSR count). The minimum absolute atomic E-state index is 0.294. The van der Waals surface area contributed by atoms with Gasteiger partial charge in [0.05, 0.1) is 5.69 Å². The van der Waals surface area contributed by atoms with E-state index in [0.29, 0.717) is 18.6 Å². The molecule has 1 aromatic carbocycles. The van der Waals surface area contributed by atoms with Crippen molar-refractivity contribution in [1.29, 1.82) is 0 Å². The number of para-hydroxylation sites is 1. The van der Waals surface area contributed by atoms with Crippen molar-refractivity contribution in [2.45, 2.75) is 19.4 Å². The van der Waals surface area contributed by atoms with Crippen molar-refractivity contribution in [2.75, 3.05) is 18.1 Å². The van der Waals surface area contributed by atoms with Gasteiger partial charge in [0.1, 0.15) is 0 Å². The van der Waals surface area contributed by atoms with E-state index in [9.17, 15) is 5.11 Å². The van der Waals surface area contributed by atoms with Crippen molar-refractivity contribution in [3.63, 3.8) is 0 Å². The number of hydrogen-bond donors (Lipinski definition) is 1. The second-order valence-electron chi connectivity index (χ2n) is 4.12. The van der Waals surface area contributed by atoms with Crippen molar-refractivity contribution < 1.29 is 5.11 Å². The van der Waals surface area contributed by atoms with Crippen LogP contribution in [-0.4, -0.2) is 24.3 Å². The predicted molar refractivity (Wildman–Crippen MR) is 66.1 cm³/mol. The van der Waals surface area contributed by atoms with Crippen LogP contribution in [0.15, 0.2) is 28.7 Å². The number of hydrogen-bond acceptors (Lipinski definition) is 2. The lowest BCUT2D eigenvalue weighted by Gasteiger charge is -2.27. The van der Waals surface area contributed by atoms with Crippen LogP contribution in [0.2, 0.25) is 0 Å². The zero-order valence-electron chi connectivity index (χ0n) is 8.86. The molecule has 82 valence electrons. The van der Waals surface area contributed by atoms with Crippen LogP contribution in [0.1, 0.15) is 13.3 Å². The van der Waals surface area contributed by atoms with Gasteiger partial charge >= 0.3 is 0 Å². The number of aliphatic hydroxyl groups excluding tert-OH is 1. The van der Waals surface area contributed by atoms with Crippen molar-refractivity contribution in [3.05, 3.63) is 28.7 Å². The van der Waals surface area contributed by atoms with Crippen molar-refractivity contribution in [3.8, 4) is 0 Å². The molecule has 0 aromatic heterocycles. The van der Waals surface area contributed by atoms with E-state index in [1.54, 1.807) is 0 Å². The van der Waals surface area contributed by atoms with E-state index in [-0.39, 0.29) is 0 Å². The minimum Gasteiger partial charge on any atom is -0.396 e. The Morgan fingerprint density at radius 2 is 2.20 bits per heavy atom. The van der Waals surface area contributed by atoms with Gasteiger partial charge in [-0.2, -0.15) is 0 Å². The Morgan fingerprint density at radius 3 is 2.80 bits per heavy atom. The molecule has 3 heteroatoms. The van der Waals surface area contributed by atoms with Crippen LogP contribution in [0.5, 0.6) is 0 Å². The number of anilines is 1. The Kier molecular flexibility index (Phi) is 3.32. The molecule has 1 heterocycles. The molecule has 1 aliphatic heterocycles. The van der Waals surface area contributed by atoms with Crippen LogP contribution in [0.3, 0.4) is 0 Å². The van der Waals surface area contributed by atoms with E-state index < -0.39 is 0 Å². The van der Waals surface area contributed by atoms with E-state index in [0.717, 1.165) is 17.4 Å². The van der Waals surface area contributed by atoms with Gasteiger partial charge in [-0.3, -0.25) is 0 Å². The van der Waals surface area contributed by atoms with E-state index >= 15 is 0 Å². The predicted octanol–water partition coefficient (Wildman–Crippen LogP) is 2.66. The summed E-state index contributed by atoms with van der Waals surface area (Å²) in [5, 5.41) is 9.23. The lowest BCUT2D eigenvalue weighted by Crippen LogP contribution is -2.31. The van der Waals surface area contributed by atoms with Crippen LogP contribution >= 0.6 is 15.9 Å². The molecule has 0 aliphatic carbocycles. The first kappa shape index (κ1) is 11.0. The molecular formula is C12H16BrNO. The highest BCUT2D eigenvalue weighted by molar-refractivity contribution is 9.10. The van der Waals surface area contributed by atoms with E-state index in [2.05, 4.69) is 46.0 Å². The summed E-state index contributed by atoms with van der Waals surface area (Å²) in [5.74, 6) is 0.414. The third-order valence-electron chi connectivity index (χ3n) is 3.31. The Morgan fingerprint density at radius 1 is 1.47 bits per heavy atom. The largest absolute Gasteiger partial charge is 0.396 e. The van der Waals surface area contributed by atoms with Gasteiger partial charge in [-0.15, -0.1) is 0 Å². The monoisotopic (exact) mass is 269 g/mol. The van der Waals surface area contributed by atoms with Crippen molar-refractivity contribution in [1.82, 2.24) is 0 Å². The molecule has 0 bridgehead atoms. The number of rotatable bonds is 2. The number of benzene rings is 1. The van der Waals surface area contributed by atoms with Crippen LogP contribution in [0, 0.1) is 5.92 Å². The van der Waals surface area contributed by atoms with Crippen molar-refractivity contribution >= 4 is 21.6 Å². The smallest absolute Gasteiger partial charge is 0.0513 e. The zero-order valence-corrected chi connectivity index (χ0v) is 10.4. The normalized spacial score (nSPS) is 25.9. The zero-order chi connectivity index (χ0) is 10.8. The number of nitrogens with zero attached hydrogens (tertiary/aromatic N) is 1. The molecule has 2 atom stereocenters. The number of halogens is 1. The average Bonchev–Trinajstić information content (AvgIpc) is 2.60. The second kappa shape index (κ2) is 4.54. The fraction of sp³-hybridized carbons (Fsp3) is 0.500.